The van der Waals surface area contributed by atoms with E-state index in [1.807, 2.05) is 26.8 Å². The van der Waals surface area contributed by atoms with Gasteiger partial charge < -0.3 is 11.1 Å². The SMILES string of the molecule is Cc1cccc(C(N)c2cc(C)c3c(c2)C(C)(C)C(=O)N3)c1. The van der Waals surface area contributed by atoms with Crippen molar-refractivity contribution in [2.75, 3.05) is 5.32 Å². The normalized spacial score (nSPS) is 17.0. The van der Waals surface area contributed by atoms with E-state index in [9.17, 15) is 4.79 Å². The van der Waals surface area contributed by atoms with Gasteiger partial charge in [-0.2, -0.15) is 0 Å². The number of nitrogens with one attached hydrogen (secondary N) is 1. The molecule has 0 saturated heterocycles. The first-order valence-electron chi connectivity index (χ1n) is 7.59. The molecule has 3 rings (SSSR count). The van der Waals surface area contributed by atoms with Gasteiger partial charge in [-0.25, -0.2) is 0 Å². The van der Waals surface area contributed by atoms with Crippen LogP contribution in [0.15, 0.2) is 36.4 Å². The van der Waals surface area contributed by atoms with E-state index < -0.39 is 5.41 Å². The molecule has 1 aliphatic heterocycles. The number of aryl methyl sites for hydroxylation is 2. The van der Waals surface area contributed by atoms with Crippen LogP contribution in [0.25, 0.3) is 0 Å². The van der Waals surface area contributed by atoms with E-state index in [1.54, 1.807) is 0 Å². The van der Waals surface area contributed by atoms with Gasteiger partial charge in [0.1, 0.15) is 0 Å². The average Bonchev–Trinajstić information content (AvgIpc) is 2.70. The third-order valence-electron chi connectivity index (χ3n) is 4.60. The summed E-state index contributed by atoms with van der Waals surface area (Å²) in [5.41, 5.74) is 12.3. The molecule has 0 saturated carbocycles. The van der Waals surface area contributed by atoms with E-state index in [-0.39, 0.29) is 11.9 Å². The van der Waals surface area contributed by atoms with E-state index in [0.29, 0.717) is 0 Å². The van der Waals surface area contributed by atoms with Crippen LogP contribution in [-0.2, 0) is 10.2 Å². The summed E-state index contributed by atoms with van der Waals surface area (Å²) in [6.45, 7) is 7.99. The van der Waals surface area contributed by atoms with E-state index >= 15 is 0 Å². The topological polar surface area (TPSA) is 55.1 Å². The fourth-order valence-electron chi connectivity index (χ4n) is 3.10. The lowest BCUT2D eigenvalue weighted by molar-refractivity contribution is -0.119. The Labute approximate surface area is 131 Å². The highest BCUT2D eigenvalue weighted by Crippen LogP contribution is 2.41. The van der Waals surface area contributed by atoms with E-state index in [2.05, 4.69) is 42.6 Å². The summed E-state index contributed by atoms with van der Waals surface area (Å²) in [7, 11) is 0. The zero-order valence-corrected chi connectivity index (χ0v) is 13.5. The fraction of sp³-hybridized carbons (Fsp3) is 0.316. The second kappa shape index (κ2) is 4.96. The molecular formula is C19H22N2O. The second-order valence-corrected chi connectivity index (χ2v) is 6.73. The van der Waals surface area contributed by atoms with E-state index in [1.165, 1.54) is 5.56 Å². The maximum absolute atomic E-state index is 12.2. The molecule has 3 N–H and O–H groups in total. The Morgan fingerprint density at radius 3 is 2.50 bits per heavy atom. The third-order valence-corrected chi connectivity index (χ3v) is 4.60. The van der Waals surface area contributed by atoms with Gasteiger partial charge in [-0.1, -0.05) is 42.0 Å². The second-order valence-electron chi connectivity index (χ2n) is 6.73. The number of benzene rings is 2. The predicted molar refractivity (Wildman–Crippen MR) is 90.0 cm³/mol. The Bertz CT molecular complexity index is 762. The van der Waals surface area contributed by atoms with Crippen LogP contribution in [0.5, 0.6) is 0 Å². The first kappa shape index (κ1) is 14.8. The van der Waals surface area contributed by atoms with Crippen molar-refractivity contribution >= 4 is 11.6 Å². The molecule has 3 heteroatoms. The predicted octanol–water partition coefficient (Wildman–Crippen LogP) is 3.58. The molecule has 1 aliphatic rings. The molecule has 114 valence electrons. The minimum atomic E-state index is -0.511. The van der Waals surface area contributed by atoms with Crippen molar-refractivity contribution in [2.24, 2.45) is 5.73 Å². The molecule has 0 radical (unpaired) electrons. The van der Waals surface area contributed by atoms with Crippen molar-refractivity contribution in [1.82, 2.24) is 0 Å². The number of nitrogens with two attached hydrogens (primary N) is 1. The third kappa shape index (κ3) is 2.22. The molecule has 0 fully saturated rings. The maximum Gasteiger partial charge on any atom is 0.234 e. The van der Waals surface area contributed by atoms with Crippen molar-refractivity contribution in [1.29, 1.82) is 0 Å². The summed E-state index contributed by atoms with van der Waals surface area (Å²) < 4.78 is 0. The molecule has 0 bridgehead atoms. The van der Waals surface area contributed by atoms with Gasteiger partial charge in [-0.15, -0.1) is 0 Å². The Balaban J connectivity index is 2.09. The highest BCUT2D eigenvalue weighted by atomic mass is 16.2. The number of carbonyl (C=O) groups is 1. The minimum Gasteiger partial charge on any atom is -0.325 e. The zero-order valence-electron chi connectivity index (χ0n) is 13.5. The molecule has 2 aromatic carbocycles. The number of rotatable bonds is 2. The molecule has 0 aliphatic carbocycles. The van der Waals surface area contributed by atoms with E-state index in [0.717, 1.165) is 27.9 Å². The molecule has 3 nitrogen and oxygen atoms in total. The van der Waals surface area contributed by atoms with Gasteiger partial charge in [0, 0.05) is 5.69 Å². The Kier molecular flexibility index (Phi) is 3.33. The summed E-state index contributed by atoms with van der Waals surface area (Å²) >= 11 is 0. The zero-order chi connectivity index (χ0) is 16.1. The molecule has 0 spiro atoms. The largest absolute Gasteiger partial charge is 0.325 e. The summed E-state index contributed by atoms with van der Waals surface area (Å²) in [5.74, 6) is 0.0480. The smallest absolute Gasteiger partial charge is 0.234 e. The lowest BCUT2D eigenvalue weighted by atomic mass is 9.83. The summed E-state index contributed by atoms with van der Waals surface area (Å²) in [5, 5.41) is 2.99. The Hall–Kier alpha value is -2.13. The van der Waals surface area contributed by atoms with Crippen molar-refractivity contribution in [3.63, 3.8) is 0 Å². The maximum atomic E-state index is 12.2. The number of fused-ring (bicyclic) bond motifs is 1. The van der Waals surface area contributed by atoms with Crippen LogP contribution in [0.3, 0.4) is 0 Å². The Morgan fingerprint density at radius 1 is 1.09 bits per heavy atom. The van der Waals surface area contributed by atoms with Crippen LogP contribution in [0.2, 0.25) is 0 Å². The van der Waals surface area contributed by atoms with E-state index in [4.69, 9.17) is 5.73 Å². The summed E-state index contributed by atoms with van der Waals surface area (Å²) in [6.07, 6.45) is 0. The van der Waals surface area contributed by atoms with Crippen LogP contribution in [0, 0.1) is 13.8 Å². The minimum absolute atomic E-state index is 0.0480. The summed E-state index contributed by atoms with van der Waals surface area (Å²) in [4.78, 5) is 12.2. The van der Waals surface area contributed by atoms with Crippen LogP contribution in [-0.4, -0.2) is 5.91 Å². The number of hydrogen-bond acceptors (Lipinski definition) is 2. The van der Waals surface area contributed by atoms with Crippen molar-refractivity contribution < 1.29 is 4.79 Å². The van der Waals surface area contributed by atoms with Gasteiger partial charge in [0.15, 0.2) is 0 Å². The van der Waals surface area contributed by atoms with Crippen molar-refractivity contribution in [3.8, 4) is 0 Å². The fourth-order valence-corrected chi connectivity index (χ4v) is 3.10. The quantitative estimate of drug-likeness (QED) is 0.889. The van der Waals surface area contributed by atoms with Crippen molar-refractivity contribution in [2.45, 2.75) is 39.2 Å². The highest BCUT2D eigenvalue weighted by molar-refractivity contribution is 6.06. The highest BCUT2D eigenvalue weighted by Gasteiger charge is 2.39. The van der Waals surface area contributed by atoms with Gasteiger partial charge in [-0.3, -0.25) is 4.79 Å². The standard InChI is InChI=1S/C19H22N2O/c1-11-6-5-7-13(8-11)16(20)14-9-12(2)17-15(10-14)19(3,4)18(22)21-17/h5-10,16H,20H2,1-4H3,(H,21,22). The first-order chi connectivity index (χ1) is 10.3. The first-order valence-corrected chi connectivity index (χ1v) is 7.59. The van der Waals surface area contributed by atoms with Gasteiger partial charge in [0.25, 0.3) is 0 Å². The molecule has 1 unspecified atom stereocenters. The van der Waals surface area contributed by atoms with Crippen LogP contribution >= 0.6 is 0 Å². The van der Waals surface area contributed by atoms with Gasteiger partial charge in [0.2, 0.25) is 5.91 Å². The van der Waals surface area contributed by atoms with Crippen molar-refractivity contribution in [3.05, 3.63) is 64.2 Å². The molecular weight excluding hydrogens is 272 g/mol. The molecule has 2 aromatic rings. The average molecular weight is 294 g/mol. The number of carbonyl (C=O) groups excluding carboxylic acids is 1. The van der Waals surface area contributed by atoms with Crippen LogP contribution in [0.4, 0.5) is 5.69 Å². The van der Waals surface area contributed by atoms with Crippen LogP contribution in [0.1, 0.15) is 47.7 Å². The number of anilines is 1. The van der Waals surface area contributed by atoms with Crippen LogP contribution < -0.4 is 11.1 Å². The van der Waals surface area contributed by atoms with Gasteiger partial charge in [0.05, 0.1) is 11.5 Å². The van der Waals surface area contributed by atoms with Gasteiger partial charge in [-0.05, 0) is 49.9 Å². The molecule has 0 aromatic heterocycles. The Morgan fingerprint density at radius 2 is 1.82 bits per heavy atom. The lowest BCUT2D eigenvalue weighted by Gasteiger charge is -2.20. The monoisotopic (exact) mass is 294 g/mol. The van der Waals surface area contributed by atoms with Gasteiger partial charge >= 0.3 is 0 Å². The summed E-state index contributed by atoms with van der Waals surface area (Å²) in [6, 6.07) is 12.2. The molecule has 1 amide bonds. The molecule has 1 atom stereocenters. The lowest BCUT2D eigenvalue weighted by Crippen LogP contribution is -2.27. The number of hydrogen-bond donors (Lipinski definition) is 2. The molecule has 22 heavy (non-hydrogen) atoms. The molecule has 1 heterocycles. The number of amides is 1.